The molecular formula is C27H31N3O. The van der Waals surface area contributed by atoms with E-state index in [-0.39, 0.29) is 11.6 Å². The van der Waals surface area contributed by atoms with Gasteiger partial charge < -0.3 is 10.4 Å². The predicted molar refractivity (Wildman–Crippen MR) is 127 cm³/mol. The van der Waals surface area contributed by atoms with Gasteiger partial charge in [-0.1, -0.05) is 66.7 Å². The number of nitrogens with one attached hydrogen (secondary N) is 1. The molecule has 2 N–H and O–H groups in total. The Kier molecular flexibility index (Phi) is 6.38. The fourth-order valence-corrected chi connectivity index (χ4v) is 4.49. The number of β-amino-alcohol motifs (C(OH)–C–C–N with tert-alkyl or cyclic N) is 1. The number of hydrogen-bond donors (Lipinski definition) is 2. The number of fused-ring (bicyclic) bond motifs is 1. The summed E-state index contributed by atoms with van der Waals surface area (Å²) in [5.41, 5.74) is 3.00. The van der Waals surface area contributed by atoms with Crippen LogP contribution in [-0.2, 0) is 13.0 Å². The summed E-state index contributed by atoms with van der Waals surface area (Å²) in [7, 11) is 0. The van der Waals surface area contributed by atoms with Crippen molar-refractivity contribution >= 4 is 16.5 Å². The summed E-state index contributed by atoms with van der Waals surface area (Å²) in [4.78, 5) is 5.83. The van der Waals surface area contributed by atoms with Crippen molar-refractivity contribution in [1.29, 1.82) is 0 Å². The van der Waals surface area contributed by atoms with Gasteiger partial charge in [0.15, 0.2) is 5.69 Å². The fraction of sp³-hybridized carbons (Fsp3) is 0.370. The second-order valence-electron chi connectivity index (χ2n) is 9.30. The Balaban J connectivity index is 1.31. The van der Waals surface area contributed by atoms with Gasteiger partial charge in [-0.3, -0.25) is 4.90 Å². The summed E-state index contributed by atoms with van der Waals surface area (Å²) in [5.74, 6) is 0. The number of nitrogens with zero attached hydrogens (tertiary/aromatic N) is 2. The molecule has 4 heteroatoms. The molecule has 0 unspecified atom stereocenters. The lowest BCUT2D eigenvalue weighted by Crippen LogP contribution is -2.57. The van der Waals surface area contributed by atoms with Crippen LogP contribution in [0.25, 0.3) is 15.6 Å². The number of rotatable bonds is 8. The first-order valence-electron chi connectivity index (χ1n) is 11.0. The van der Waals surface area contributed by atoms with E-state index in [9.17, 15) is 5.11 Å². The standard InChI is InChI=1S/C27H31N3O/c1-27(2,17-20-11-12-22-8-4-5-9-23(22)15-20)29-18-26(31)25-13-14-30(25)19-21-7-6-10-24(16-21)28-3/h4-12,15-16,25-26,29,31H,13-14,17-19H2,1-2H3/t25-,26+/m0/s1. The first kappa shape index (κ1) is 21.5. The smallest absolute Gasteiger partial charge is 0.187 e. The van der Waals surface area contributed by atoms with Crippen LogP contribution in [0.4, 0.5) is 5.69 Å². The van der Waals surface area contributed by atoms with Gasteiger partial charge in [0.1, 0.15) is 0 Å². The van der Waals surface area contributed by atoms with Crippen LogP contribution in [0, 0.1) is 6.57 Å². The average Bonchev–Trinajstić information content (AvgIpc) is 2.75. The van der Waals surface area contributed by atoms with Crippen LogP contribution < -0.4 is 5.32 Å². The Morgan fingerprint density at radius 1 is 1.06 bits per heavy atom. The molecule has 2 atom stereocenters. The maximum atomic E-state index is 10.8. The van der Waals surface area contributed by atoms with Crippen molar-refractivity contribution in [2.45, 2.75) is 50.9 Å². The molecule has 1 saturated heterocycles. The van der Waals surface area contributed by atoms with Gasteiger partial charge >= 0.3 is 0 Å². The molecular weight excluding hydrogens is 382 g/mol. The summed E-state index contributed by atoms with van der Waals surface area (Å²) in [5, 5.41) is 17.0. The molecule has 0 spiro atoms. The molecule has 3 aromatic carbocycles. The molecule has 4 rings (SSSR count). The third-order valence-corrected chi connectivity index (χ3v) is 6.30. The minimum Gasteiger partial charge on any atom is -0.390 e. The first-order chi connectivity index (χ1) is 14.9. The van der Waals surface area contributed by atoms with E-state index in [4.69, 9.17) is 6.57 Å². The van der Waals surface area contributed by atoms with Crippen molar-refractivity contribution in [3.05, 3.63) is 89.3 Å². The summed E-state index contributed by atoms with van der Waals surface area (Å²) in [6.45, 7) is 13.9. The summed E-state index contributed by atoms with van der Waals surface area (Å²) < 4.78 is 0. The minimum absolute atomic E-state index is 0.109. The lowest BCUT2D eigenvalue weighted by atomic mass is 9.91. The van der Waals surface area contributed by atoms with E-state index >= 15 is 0 Å². The van der Waals surface area contributed by atoms with E-state index < -0.39 is 6.10 Å². The highest BCUT2D eigenvalue weighted by molar-refractivity contribution is 5.83. The largest absolute Gasteiger partial charge is 0.390 e. The van der Waals surface area contributed by atoms with Gasteiger partial charge in [-0.2, -0.15) is 0 Å². The molecule has 160 valence electrons. The highest BCUT2D eigenvalue weighted by Crippen LogP contribution is 2.25. The first-order valence-corrected chi connectivity index (χ1v) is 11.0. The maximum absolute atomic E-state index is 10.8. The third kappa shape index (κ3) is 5.32. The van der Waals surface area contributed by atoms with E-state index in [1.54, 1.807) is 0 Å². The second kappa shape index (κ2) is 9.20. The van der Waals surface area contributed by atoms with E-state index in [1.807, 2.05) is 18.2 Å². The monoisotopic (exact) mass is 413 g/mol. The average molecular weight is 414 g/mol. The van der Waals surface area contributed by atoms with E-state index in [1.165, 1.54) is 16.3 Å². The molecule has 1 aliphatic heterocycles. The number of aliphatic hydroxyl groups is 1. The normalized spacial score (nSPS) is 17.8. The van der Waals surface area contributed by atoms with Gasteiger partial charge in [-0.05, 0) is 48.6 Å². The van der Waals surface area contributed by atoms with Crippen LogP contribution in [0.15, 0.2) is 66.7 Å². The van der Waals surface area contributed by atoms with Crippen molar-refractivity contribution in [3.63, 3.8) is 0 Å². The Labute approximate surface area is 185 Å². The van der Waals surface area contributed by atoms with Crippen LogP contribution in [0.3, 0.4) is 0 Å². The quantitative estimate of drug-likeness (QED) is 0.514. The van der Waals surface area contributed by atoms with Gasteiger partial charge in [-0.25, -0.2) is 4.85 Å². The van der Waals surface area contributed by atoms with Crippen molar-refractivity contribution < 1.29 is 5.11 Å². The van der Waals surface area contributed by atoms with Gasteiger partial charge in [0.05, 0.1) is 12.7 Å². The van der Waals surface area contributed by atoms with Crippen LogP contribution in [0.5, 0.6) is 0 Å². The van der Waals surface area contributed by atoms with E-state index in [0.29, 0.717) is 12.2 Å². The molecule has 0 aromatic heterocycles. The van der Waals surface area contributed by atoms with Gasteiger partial charge in [0.25, 0.3) is 0 Å². The van der Waals surface area contributed by atoms with Crippen molar-refractivity contribution in [3.8, 4) is 0 Å². The molecule has 4 nitrogen and oxygen atoms in total. The number of likely N-dealkylation sites (tertiary alicyclic amines) is 1. The molecule has 0 radical (unpaired) electrons. The Morgan fingerprint density at radius 3 is 2.61 bits per heavy atom. The van der Waals surface area contributed by atoms with Crippen molar-refractivity contribution in [2.24, 2.45) is 0 Å². The van der Waals surface area contributed by atoms with E-state index in [2.05, 4.69) is 77.4 Å². The molecule has 1 aliphatic rings. The topological polar surface area (TPSA) is 39.9 Å². The van der Waals surface area contributed by atoms with Crippen molar-refractivity contribution in [2.75, 3.05) is 13.1 Å². The zero-order valence-corrected chi connectivity index (χ0v) is 18.4. The SMILES string of the molecule is [C-]#[N+]c1cccc(CN2CC[C@H]2[C@H](O)CNC(C)(C)Cc2ccc3ccccc3c2)c1. The zero-order valence-electron chi connectivity index (χ0n) is 18.4. The third-order valence-electron chi connectivity index (χ3n) is 6.30. The number of hydrogen-bond acceptors (Lipinski definition) is 3. The predicted octanol–water partition coefficient (Wildman–Crippen LogP) is 4.94. The highest BCUT2D eigenvalue weighted by atomic mass is 16.3. The molecule has 0 amide bonds. The Morgan fingerprint density at radius 2 is 1.87 bits per heavy atom. The maximum Gasteiger partial charge on any atom is 0.187 e. The zero-order chi connectivity index (χ0) is 21.8. The van der Waals surface area contributed by atoms with Crippen LogP contribution in [0.2, 0.25) is 0 Å². The Bertz CT molecular complexity index is 1090. The summed E-state index contributed by atoms with van der Waals surface area (Å²) in [6, 6.07) is 23.0. The van der Waals surface area contributed by atoms with Gasteiger partial charge in [-0.15, -0.1) is 0 Å². The van der Waals surface area contributed by atoms with Gasteiger partial charge in [0.2, 0.25) is 0 Å². The number of benzene rings is 3. The molecule has 0 bridgehead atoms. The van der Waals surface area contributed by atoms with Crippen molar-refractivity contribution in [1.82, 2.24) is 10.2 Å². The highest BCUT2D eigenvalue weighted by Gasteiger charge is 2.34. The van der Waals surface area contributed by atoms with Crippen LogP contribution >= 0.6 is 0 Å². The van der Waals surface area contributed by atoms with E-state index in [0.717, 1.165) is 31.5 Å². The summed E-state index contributed by atoms with van der Waals surface area (Å²) in [6.07, 6.45) is 1.51. The van der Waals surface area contributed by atoms with Crippen LogP contribution in [0.1, 0.15) is 31.4 Å². The Hall–Kier alpha value is -2.71. The van der Waals surface area contributed by atoms with Gasteiger partial charge in [0, 0.05) is 31.2 Å². The van der Waals surface area contributed by atoms with Crippen LogP contribution in [-0.4, -0.2) is 40.8 Å². The summed E-state index contributed by atoms with van der Waals surface area (Å²) >= 11 is 0. The molecule has 3 aromatic rings. The molecule has 0 saturated carbocycles. The molecule has 0 aliphatic carbocycles. The minimum atomic E-state index is -0.409. The molecule has 31 heavy (non-hydrogen) atoms. The lowest BCUT2D eigenvalue weighted by Gasteiger charge is -2.44. The fourth-order valence-electron chi connectivity index (χ4n) is 4.49. The lowest BCUT2D eigenvalue weighted by molar-refractivity contribution is -0.0211. The second-order valence-corrected chi connectivity index (χ2v) is 9.30. The molecule has 1 fully saturated rings. The number of aliphatic hydroxyl groups excluding tert-OH is 1. The molecule has 1 heterocycles.